The molecule has 0 aliphatic carbocycles. The molecule has 1 spiro atoms. The molecule has 0 atom stereocenters. The van der Waals surface area contributed by atoms with Gasteiger partial charge in [-0.2, -0.15) is 0 Å². The van der Waals surface area contributed by atoms with Crippen LogP contribution in [0.15, 0.2) is 5.16 Å². The van der Waals surface area contributed by atoms with E-state index in [2.05, 4.69) is 10.5 Å². The summed E-state index contributed by atoms with van der Waals surface area (Å²) in [7, 11) is 0. The van der Waals surface area contributed by atoms with Gasteiger partial charge in [-0.05, 0) is 27.7 Å². The van der Waals surface area contributed by atoms with Crippen molar-refractivity contribution in [3.05, 3.63) is 0 Å². The molecule has 6 nitrogen and oxygen atoms in total. The van der Waals surface area contributed by atoms with Crippen molar-refractivity contribution in [2.24, 2.45) is 10.6 Å². The number of oxime groups is 1. The van der Waals surface area contributed by atoms with Gasteiger partial charge in [0, 0.05) is 26.2 Å². The number of nitrogens with one attached hydrogen (secondary N) is 1. The third kappa shape index (κ3) is 3.00. The van der Waals surface area contributed by atoms with Gasteiger partial charge in [-0.3, -0.25) is 0 Å². The van der Waals surface area contributed by atoms with Gasteiger partial charge in [-0.15, -0.1) is 0 Å². The Balaban J connectivity index is 1.92. The molecule has 0 bridgehead atoms. The van der Waals surface area contributed by atoms with E-state index in [4.69, 9.17) is 9.57 Å². The molecule has 2 heterocycles. The van der Waals surface area contributed by atoms with E-state index in [1.165, 1.54) is 0 Å². The smallest absolute Gasteiger partial charge is 0.410 e. The highest BCUT2D eigenvalue weighted by Crippen LogP contribution is 2.35. The minimum atomic E-state index is -0.448. The van der Waals surface area contributed by atoms with Crippen molar-refractivity contribution < 1.29 is 14.4 Å². The molecule has 0 unspecified atom stereocenters. The van der Waals surface area contributed by atoms with Gasteiger partial charge in [-0.25, -0.2) is 4.79 Å². The lowest BCUT2D eigenvalue weighted by atomic mass is 9.78. The van der Waals surface area contributed by atoms with Crippen LogP contribution in [0.5, 0.6) is 0 Å². The number of nitrogens with zero attached hydrogens (tertiary/aromatic N) is 2. The van der Waals surface area contributed by atoms with Crippen LogP contribution in [0.2, 0.25) is 0 Å². The van der Waals surface area contributed by atoms with Crippen molar-refractivity contribution in [2.45, 2.75) is 33.3 Å². The molecule has 0 aromatic heterocycles. The molecule has 0 aromatic rings. The van der Waals surface area contributed by atoms with Gasteiger partial charge < -0.3 is 19.8 Å². The molecular weight excluding hydrogens is 246 g/mol. The Morgan fingerprint density at radius 1 is 1.47 bits per heavy atom. The zero-order valence-corrected chi connectivity index (χ0v) is 12.2. The van der Waals surface area contributed by atoms with Crippen molar-refractivity contribution in [1.29, 1.82) is 0 Å². The predicted octanol–water partition coefficient (Wildman–Crippen LogP) is 1.22. The van der Waals surface area contributed by atoms with Crippen LogP contribution < -0.4 is 5.32 Å². The SMILES string of the molecule is CCON=C1CNCC12CN(C(=O)OC(C)(C)C)C2. The van der Waals surface area contributed by atoms with Crippen LogP contribution in [0, 0.1) is 5.41 Å². The summed E-state index contributed by atoms with van der Waals surface area (Å²) in [5.41, 5.74) is 0.511. The number of rotatable bonds is 2. The van der Waals surface area contributed by atoms with E-state index in [0.717, 1.165) is 18.8 Å². The maximum absolute atomic E-state index is 11.9. The van der Waals surface area contributed by atoms with E-state index in [0.29, 0.717) is 19.7 Å². The molecule has 108 valence electrons. The molecule has 6 heteroatoms. The summed E-state index contributed by atoms with van der Waals surface area (Å²) in [5.74, 6) is 0. The third-order valence-electron chi connectivity index (χ3n) is 3.31. The fourth-order valence-electron chi connectivity index (χ4n) is 2.42. The van der Waals surface area contributed by atoms with E-state index >= 15 is 0 Å². The Bertz CT molecular complexity index is 381. The zero-order valence-electron chi connectivity index (χ0n) is 12.2. The molecule has 19 heavy (non-hydrogen) atoms. The topological polar surface area (TPSA) is 63.2 Å². The number of hydrogen-bond donors (Lipinski definition) is 1. The van der Waals surface area contributed by atoms with E-state index in [-0.39, 0.29) is 11.5 Å². The fourth-order valence-corrected chi connectivity index (χ4v) is 2.42. The van der Waals surface area contributed by atoms with Gasteiger partial charge in [0.25, 0.3) is 0 Å². The van der Waals surface area contributed by atoms with E-state index in [1.54, 1.807) is 4.90 Å². The number of carbonyl (C=O) groups is 1. The molecule has 2 aliphatic rings. The molecule has 2 rings (SSSR count). The lowest BCUT2D eigenvalue weighted by molar-refractivity contribution is -0.0110. The first-order chi connectivity index (χ1) is 8.86. The van der Waals surface area contributed by atoms with Crippen LogP contribution in [-0.2, 0) is 9.57 Å². The molecule has 2 fully saturated rings. The Kier molecular flexibility index (Phi) is 3.71. The van der Waals surface area contributed by atoms with Gasteiger partial charge in [0.1, 0.15) is 12.2 Å². The van der Waals surface area contributed by atoms with Crippen LogP contribution >= 0.6 is 0 Å². The fraction of sp³-hybridized carbons (Fsp3) is 0.846. The van der Waals surface area contributed by atoms with Crippen molar-refractivity contribution in [2.75, 3.05) is 32.8 Å². The molecule has 0 saturated carbocycles. The van der Waals surface area contributed by atoms with Gasteiger partial charge in [-0.1, -0.05) is 5.16 Å². The van der Waals surface area contributed by atoms with E-state index in [9.17, 15) is 4.79 Å². The number of amides is 1. The van der Waals surface area contributed by atoms with Crippen LogP contribution in [0.25, 0.3) is 0 Å². The zero-order chi connectivity index (χ0) is 14.1. The third-order valence-corrected chi connectivity index (χ3v) is 3.31. The first-order valence-corrected chi connectivity index (χ1v) is 6.74. The van der Waals surface area contributed by atoms with Gasteiger partial charge >= 0.3 is 6.09 Å². The number of likely N-dealkylation sites (tertiary alicyclic amines) is 1. The highest BCUT2D eigenvalue weighted by Gasteiger charge is 2.52. The van der Waals surface area contributed by atoms with Crippen molar-refractivity contribution in [1.82, 2.24) is 10.2 Å². The Morgan fingerprint density at radius 2 is 2.16 bits per heavy atom. The summed E-state index contributed by atoms with van der Waals surface area (Å²) in [4.78, 5) is 18.8. The minimum absolute atomic E-state index is 0.0495. The summed E-state index contributed by atoms with van der Waals surface area (Å²) < 4.78 is 5.36. The van der Waals surface area contributed by atoms with Crippen LogP contribution in [0.4, 0.5) is 4.79 Å². The summed E-state index contributed by atoms with van der Waals surface area (Å²) in [6, 6.07) is 0. The molecule has 0 radical (unpaired) electrons. The molecule has 2 saturated heterocycles. The Labute approximate surface area is 114 Å². The summed E-state index contributed by atoms with van der Waals surface area (Å²) in [5, 5.41) is 7.45. The van der Waals surface area contributed by atoms with Crippen molar-refractivity contribution >= 4 is 11.8 Å². The number of ether oxygens (including phenoxy) is 1. The van der Waals surface area contributed by atoms with E-state index in [1.807, 2.05) is 27.7 Å². The highest BCUT2D eigenvalue weighted by molar-refractivity contribution is 5.96. The average Bonchev–Trinajstić information content (AvgIpc) is 2.65. The van der Waals surface area contributed by atoms with Crippen molar-refractivity contribution in [3.63, 3.8) is 0 Å². The van der Waals surface area contributed by atoms with Gasteiger partial charge in [0.05, 0.1) is 11.1 Å². The molecular formula is C13H23N3O3. The summed E-state index contributed by atoms with van der Waals surface area (Å²) in [6.07, 6.45) is -0.249. The van der Waals surface area contributed by atoms with Crippen LogP contribution in [0.1, 0.15) is 27.7 Å². The minimum Gasteiger partial charge on any atom is -0.444 e. The Morgan fingerprint density at radius 3 is 2.74 bits per heavy atom. The van der Waals surface area contributed by atoms with Crippen molar-refractivity contribution in [3.8, 4) is 0 Å². The molecule has 2 aliphatic heterocycles. The lowest BCUT2D eigenvalue weighted by Crippen LogP contribution is -2.63. The Hall–Kier alpha value is -1.30. The second-order valence-corrected chi connectivity index (χ2v) is 6.18. The number of hydrogen-bond acceptors (Lipinski definition) is 5. The van der Waals surface area contributed by atoms with Gasteiger partial charge in [0.2, 0.25) is 0 Å². The first-order valence-electron chi connectivity index (χ1n) is 6.74. The largest absolute Gasteiger partial charge is 0.444 e. The summed E-state index contributed by atoms with van der Waals surface area (Å²) >= 11 is 0. The van der Waals surface area contributed by atoms with Gasteiger partial charge in [0.15, 0.2) is 0 Å². The standard InChI is InChI=1S/C13H23N3O3/c1-5-18-15-10-6-14-7-13(10)8-16(9-13)11(17)19-12(2,3)4/h14H,5-9H2,1-4H3. The highest BCUT2D eigenvalue weighted by atomic mass is 16.6. The quantitative estimate of drug-likeness (QED) is 0.766. The average molecular weight is 269 g/mol. The monoisotopic (exact) mass is 269 g/mol. The normalized spacial score (nSPS) is 23.6. The maximum atomic E-state index is 11.9. The maximum Gasteiger partial charge on any atom is 0.410 e. The van der Waals surface area contributed by atoms with Crippen LogP contribution in [-0.4, -0.2) is 55.1 Å². The second-order valence-electron chi connectivity index (χ2n) is 6.18. The predicted molar refractivity (Wildman–Crippen MR) is 72.2 cm³/mol. The second kappa shape index (κ2) is 5.00. The lowest BCUT2D eigenvalue weighted by Gasteiger charge is -2.47. The van der Waals surface area contributed by atoms with Crippen LogP contribution in [0.3, 0.4) is 0 Å². The molecule has 0 aromatic carbocycles. The number of carbonyl (C=O) groups excluding carboxylic acids is 1. The molecule has 1 amide bonds. The molecule has 1 N–H and O–H groups in total. The first kappa shape index (κ1) is 14.1. The summed E-state index contributed by atoms with van der Waals surface area (Å²) in [6.45, 7) is 11.0. The van der Waals surface area contributed by atoms with E-state index < -0.39 is 5.60 Å².